The summed E-state index contributed by atoms with van der Waals surface area (Å²) in [7, 11) is 0. The lowest BCUT2D eigenvalue weighted by Gasteiger charge is -2.16. The number of carboxylic acid groups (broad SMARTS) is 1. The monoisotopic (exact) mass is 395 g/mol. The summed E-state index contributed by atoms with van der Waals surface area (Å²) in [6, 6.07) is 6.20. The Balaban J connectivity index is 1.75. The summed E-state index contributed by atoms with van der Waals surface area (Å²) in [5.74, 6) is -1.18. The standard InChI is InChI=1S/C22H21NO4S/c1-11-7-14-17(23(12-5-6-12)10-16(21(14)25)22(26)27)8-13(11)20-9-15-18(24)3-2-4-19(15)28-20/h7-10,12,18,24H,2-6H2,1H3,(H,26,27). The lowest BCUT2D eigenvalue weighted by molar-refractivity contribution is 0.0695. The van der Waals surface area contributed by atoms with Gasteiger partial charge in [-0.3, -0.25) is 4.79 Å². The number of thiophene rings is 1. The van der Waals surface area contributed by atoms with Gasteiger partial charge in [-0.05, 0) is 73.9 Å². The van der Waals surface area contributed by atoms with E-state index in [2.05, 4.69) is 6.07 Å². The van der Waals surface area contributed by atoms with Gasteiger partial charge in [0.25, 0.3) is 0 Å². The summed E-state index contributed by atoms with van der Waals surface area (Å²) >= 11 is 1.72. The predicted octanol–water partition coefficient (Wildman–Crippen LogP) is 4.44. The lowest BCUT2D eigenvalue weighted by atomic mass is 9.95. The number of hydrogen-bond donors (Lipinski definition) is 2. The van der Waals surface area contributed by atoms with Gasteiger partial charge in [-0.1, -0.05) is 0 Å². The van der Waals surface area contributed by atoms with Crippen LogP contribution in [0.2, 0.25) is 0 Å². The highest BCUT2D eigenvalue weighted by Gasteiger charge is 2.28. The van der Waals surface area contributed by atoms with Gasteiger partial charge in [0.15, 0.2) is 0 Å². The molecule has 2 aliphatic rings. The van der Waals surface area contributed by atoms with Crippen LogP contribution in [0, 0.1) is 6.92 Å². The van der Waals surface area contributed by atoms with E-state index in [4.69, 9.17) is 0 Å². The quantitative estimate of drug-likeness (QED) is 0.687. The van der Waals surface area contributed by atoms with Crippen LogP contribution in [0.5, 0.6) is 0 Å². The van der Waals surface area contributed by atoms with Crippen molar-refractivity contribution < 1.29 is 15.0 Å². The Kier molecular flexibility index (Phi) is 3.96. The molecule has 0 aliphatic heterocycles. The molecule has 1 saturated carbocycles. The van der Waals surface area contributed by atoms with Crippen molar-refractivity contribution in [3.05, 3.63) is 56.2 Å². The Morgan fingerprint density at radius 2 is 2.00 bits per heavy atom. The van der Waals surface area contributed by atoms with Crippen LogP contribution < -0.4 is 5.43 Å². The zero-order valence-electron chi connectivity index (χ0n) is 15.6. The minimum atomic E-state index is -1.18. The highest BCUT2D eigenvalue weighted by Crippen LogP contribution is 2.42. The number of pyridine rings is 1. The third-order valence-electron chi connectivity index (χ3n) is 5.90. The molecule has 5 nitrogen and oxygen atoms in total. The number of rotatable bonds is 3. The Morgan fingerprint density at radius 1 is 1.21 bits per heavy atom. The first-order chi connectivity index (χ1) is 13.4. The molecule has 0 spiro atoms. The first-order valence-corrected chi connectivity index (χ1v) is 10.5. The number of aromatic nitrogens is 1. The molecule has 2 aromatic heterocycles. The van der Waals surface area contributed by atoms with Gasteiger partial charge in [0.05, 0.1) is 11.6 Å². The first-order valence-electron chi connectivity index (χ1n) is 9.68. The molecule has 1 fully saturated rings. The molecule has 3 aromatic rings. The second-order valence-corrected chi connectivity index (χ2v) is 9.03. The van der Waals surface area contributed by atoms with E-state index in [0.717, 1.165) is 59.2 Å². The van der Waals surface area contributed by atoms with Crippen LogP contribution in [0.4, 0.5) is 0 Å². The number of aryl methyl sites for hydroxylation is 2. The van der Waals surface area contributed by atoms with Crippen molar-refractivity contribution in [1.29, 1.82) is 0 Å². The van der Waals surface area contributed by atoms with E-state index in [-0.39, 0.29) is 11.6 Å². The van der Waals surface area contributed by atoms with Crippen LogP contribution in [0.1, 0.15) is 64.2 Å². The second kappa shape index (κ2) is 6.29. The average Bonchev–Trinajstić information content (AvgIpc) is 3.40. The molecule has 1 aromatic carbocycles. The highest BCUT2D eigenvalue weighted by atomic mass is 32.1. The number of aliphatic hydroxyl groups excluding tert-OH is 1. The Labute approximate surface area is 165 Å². The van der Waals surface area contributed by atoms with Crippen molar-refractivity contribution in [2.45, 2.75) is 51.2 Å². The van der Waals surface area contributed by atoms with E-state index in [1.807, 2.05) is 23.6 Å². The second-order valence-electron chi connectivity index (χ2n) is 7.90. The maximum Gasteiger partial charge on any atom is 0.341 e. The molecule has 2 heterocycles. The summed E-state index contributed by atoms with van der Waals surface area (Å²) < 4.78 is 1.96. The predicted molar refractivity (Wildman–Crippen MR) is 109 cm³/mol. The molecule has 6 heteroatoms. The number of carboxylic acids is 1. The van der Waals surface area contributed by atoms with Gasteiger partial charge in [-0.25, -0.2) is 4.79 Å². The van der Waals surface area contributed by atoms with Gasteiger partial charge in [0.1, 0.15) is 5.56 Å². The molecule has 1 atom stereocenters. The molecule has 2 N–H and O–H groups in total. The molecule has 0 bridgehead atoms. The molecular formula is C22H21NO4S. The van der Waals surface area contributed by atoms with Crippen LogP contribution in [-0.4, -0.2) is 20.7 Å². The zero-order chi connectivity index (χ0) is 19.6. The molecule has 144 valence electrons. The molecule has 1 unspecified atom stereocenters. The Hall–Kier alpha value is -2.44. The first kappa shape index (κ1) is 17.6. The van der Waals surface area contributed by atoms with Crippen molar-refractivity contribution >= 4 is 28.2 Å². The molecular weight excluding hydrogens is 374 g/mol. The van der Waals surface area contributed by atoms with Gasteiger partial charge in [-0.2, -0.15) is 0 Å². The van der Waals surface area contributed by atoms with E-state index in [0.29, 0.717) is 5.39 Å². The van der Waals surface area contributed by atoms with Crippen LogP contribution >= 0.6 is 11.3 Å². The lowest BCUT2D eigenvalue weighted by Crippen LogP contribution is -2.18. The number of nitrogens with zero attached hydrogens (tertiary/aromatic N) is 1. The average molecular weight is 395 g/mol. The maximum atomic E-state index is 12.7. The zero-order valence-corrected chi connectivity index (χ0v) is 16.4. The van der Waals surface area contributed by atoms with Gasteiger partial charge in [0, 0.05) is 27.4 Å². The van der Waals surface area contributed by atoms with Crippen molar-refractivity contribution in [1.82, 2.24) is 4.57 Å². The number of fused-ring (bicyclic) bond motifs is 2. The molecule has 2 aliphatic carbocycles. The van der Waals surface area contributed by atoms with E-state index < -0.39 is 17.5 Å². The molecule has 5 rings (SSSR count). The maximum absolute atomic E-state index is 12.7. The molecule has 28 heavy (non-hydrogen) atoms. The topological polar surface area (TPSA) is 79.5 Å². The van der Waals surface area contributed by atoms with Gasteiger partial charge in [-0.15, -0.1) is 11.3 Å². The normalized spacial score (nSPS) is 19.0. The van der Waals surface area contributed by atoms with Crippen LogP contribution in [0.25, 0.3) is 21.3 Å². The van der Waals surface area contributed by atoms with Crippen molar-refractivity contribution in [2.75, 3.05) is 0 Å². The molecule has 0 radical (unpaired) electrons. The SMILES string of the molecule is Cc1cc2c(=O)c(C(=O)O)cn(C3CC3)c2cc1-c1cc2c(s1)CCCC2O. The molecule has 0 amide bonds. The summed E-state index contributed by atoms with van der Waals surface area (Å²) in [6.07, 6.45) is 5.92. The fourth-order valence-corrected chi connectivity index (χ4v) is 5.58. The van der Waals surface area contributed by atoms with Crippen molar-refractivity contribution in [3.63, 3.8) is 0 Å². The van der Waals surface area contributed by atoms with Crippen LogP contribution in [-0.2, 0) is 6.42 Å². The smallest absolute Gasteiger partial charge is 0.341 e. The summed E-state index contributed by atoms with van der Waals surface area (Å²) in [5, 5.41) is 20.2. The van der Waals surface area contributed by atoms with Crippen molar-refractivity contribution in [3.8, 4) is 10.4 Å². The number of aromatic carboxylic acids is 1. The van der Waals surface area contributed by atoms with Crippen LogP contribution in [0.3, 0.4) is 0 Å². The van der Waals surface area contributed by atoms with E-state index >= 15 is 0 Å². The fraction of sp³-hybridized carbons (Fsp3) is 0.364. The number of hydrogen-bond acceptors (Lipinski definition) is 4. The minimum Gasteiger partial charge on any atom is -0.477 e. The highest BCUT2D eigenvalue weighted by molar-refractivity contribution is 7.15. The summed E-state index contributed by atoms with van der Waals surface area (Å²) in [5.41, 5.74) is 3.24. The number of benzene rings is 1. The van der Waals surface area contributed by atoms with E-state index in [1.54, 1.807) is 11.3 Å². The molecule has 0 saturated heterocycles. The largest absolute Gasteiger partial charge is 0.477 e. The van der Waals surface area contributed by atoms with E-state index in [1.165, 1.54) is 11.1 Å². The Morgan fingerprint density at radius 3 is 2.68 bits per heavy atom. The third kappa shape index (κ3) is 2.71. The number of carbonyl (C=O) groups is 1. The van der Waals surface area contributed by atoms with Crippen molar-refractivity contribution in [2.24, 2.45) is 0 Å². The fourth-order valence-electron chi connectivity index (χ4n) is 4.24. The van der Waals surface area contributed by atoms with Gasteiger partial charge in [0.2, 0.25) is 5.43 Å². The summed E-state index contributed by atoms with van der Waals surface area (Å²) in [6.45, 7) is 1.96. The van der Waals surface area contributed by atoms with Gasteiger partial charge < -0.3 is 14.8 Å². The van der Waals surface area contributed by atoms with Crippen LogP contribution in [0.15, 0.2) is 29.2 Å². The number of aliphatic hydroxyl groups is 1. The Bertz CT molecular complexity index is 1190. The van der Waals surface area contributed by atoms with E-state index in [9.17, 15) is 19.8 Å². The third-order valence-corrected chi connectivity index (χ3v) is 7.14. The minimum absolute atomic E-state index is 0.165. The van der Waals surface area contributed by atoms with Gasteiger partial charge >= 0.3 is 5.97 Å². The summed E-state index contributed by atoms with van der Waals surface area (Å²) in [4.78, 5) is 26.6.